The summed E-state index contributed by atoms with van der Waals surface area (Å²) in [5.41, 5.74) is 6.33. The van der Waals surface area contributed by atoms with Gasteiger partial charge in [-0.05, 0) is 6.42 Å². The fraction of sp³-hybridized carbons (Fsp3) is 0.385. The van der Waals surface area contributed by atoms with E-state index in [0.29, 0.717) is 24.6 Å². The number of β-amino-alcohol motifs (C(OH)–C–C–N with tert-alkyl or cyclic N) is 1. The van der Waals surface area contributed by atoms with Gasteiger partial charge in [0.2, 0.25) is 0 Å². The van der Waals surface area contributed by atoms with Crippen LogP contribution in [0.5, 0.6) is 0 Å². The largest absolute Gasteiger partial charge is 0.391 e. The van der Waals surface area contributed by atoms with E-state index < -0.39 is 12.0 Å². The zero-order chi connectivity index (χ0) is 14.8. The van der Waals surface area contributed by atoms with E-state index in [1.807, 2.05) is 4.90 Å². The third-order valence-electron chi connectivity index (χ3n) is 3.51. The first kappa shape index (κ1) is 13.9. The number of hydrogen-bond donors (Lipinski definition) is 2. The predicted molar refractivity (Wildman–Crippen MR) is 78.1 cm³/mol. The average Bonchev–Trinajstić information content (AvgIpc) is 3.08. The Kier molecular flexibility index (Phi) is 3.80. The van der Waals surface area contributed by atoms with Gasteiger partial charge in [-0.25, -0.2) is 4.98 Å². The number of aliphatic hydroxyl groups excluding tert-OH is 1. The first-order chi connectivity index (χ1) is 10.1. The van der Waals surface area contributed by atoms with Crippen LogP contribution >= 0.6 is 11.3 Å². The van der Waals surface area contributed by atoms with Crippen LogP contribution in [0, 0.1) is 5.92 Å². The molecular formula is C13H15N5O2S. The third kappa shape index (κ3) is 3.01. The fourth-order valence-electron chi connectivity index (χ4n) is 2.44. The normalized spacial score (nSPS) is 21.7. The zero-order valence-electron chi connectivity index (χ0n) is 11.2. The number of thiazole rings is 1. The predicted octanol–water partition coefficient (Wildman–Crippen LogP) is 0.0718. The van der Waals surface area contributed by atoms with Gasteiger partial charge >= 0.3 is 0 Å². The van der Waals surface area contributed by atoms with Gasteiger partial charge in [0.05, 0.1) is 11.8 Å². The molecule has 21 heavy (non-hydrogen) atoms. The lowest BCUT2D eigenvalue weighted by atomic mass is 10.0. The van der Waals surface area contributed by atoms with Crippen LogP contribution in [-0.4, -0.2) is 45.2 Å². The molecule has 0 saturated carbocycles. The molecule has 0 unspecified atom stereocenters. The Bertz CT molecular complexity index is 633. The summed E-state index contributed by atoms with van der Waals surface area (Å²) in [6.45, 7) is 1.17. The number of aliphatic hydroxyl groups is 1. The highest BCUT2D eigenvalue weighted by Gasteiger charge is 2.33. The molecule has 3 rings (SSSR count). The molecule has 8 heteroatoms. The van der Waals surface area contributed by atoms with Gasteiger partial charge in [0.15, 0.2) is 5.13 Å². The number of hydrogen-bond acceptors (Lipinski definition) is 7. The minimum absolute atomic E-state index is 0.0719. The Morgan fingerprint density at radius 2 is 2.33 bits per heavy atom. The summed E-state index contributed by atoms with van der Waals surface area (Å²) in [4.78, 5) is 25.5. The highest BCUT2D eigenvalue weighted by atomic mass is 32.1. The standard InChI is InChI=1S/C13H15N5O2S/c14-12(20)10-7-21-13(17-10)18-5-8(11(19)6-18)3-9-4-15-1-2-16-9/h1-2,4,7-8,11,19H,3,5-6H2,(H2,14,20)/t8-,11-/m1/s1. The van der Waals surface area contributed by atoms with Gasteiger partial charge in [-0.3, -0.25) is 14.8 Å². The summed E-state index contributed by atoms with van der Waals surface area (Å²) in [5, 5.41) is 12.5. The van der Waals surface area contributed by atoms with Crippen LogP contribution in [0.15, 0.2) is 24.0 Å². The van der Waals surface area contributed by atoms with Gasteiger partial charge in [0.1, 0.15) is 5.69 Å². The molecule has 1 fully saturated rings. The lowest BCUT2D eigenvalue weighted by Crippen LogP contribution is -2.21. The number of aromatic nitrogens is 3. The third-order valence-corrected chi connectivity index (χ3v) is 4.41. The van der Waals surface area contributed by atoms with Gasteiger partial charge in [-0.1, -0.05) is 0 Å². The maximum atomic E-state index is 11.1. The summed E-state index contributed by atoms with van der Waals surface area (Å²) in [5.74, 6) is -0.462. The van der Waals surface area contributed by atoms with Crippen molar-refractivity contribution in [3.05, 3.63) is 35.4 Å². The molecule has 0 aromatic carbocycles. The Morgan fingerprint density at radius 3 is 3.00 bits per heavy atom. The molecule has 3 N–H and O–H groups in total. The Morgan fingerprint density at radius 1 is 1.48 bits per heavy atom. The summed E-state index contributed by atoms with van der Waals surface area (Å²) in [6.07, 6.45) is 5.20. The summed E-state index contributed by atoms with van der Waals surface area (Å²) < 4.78 is 0. The lowest BCUT2D eigenvalue weighted by Gasteiger charge is -2.14. The minimum atomic E-state index is -0.534. The van der Waals surface area contributed by atoms with Crippen molar-refractivity contribution in [2.75, 3.05) is 18.0 Å². The van der Waals surface area contributed by atoms with Crippen LogP contribution in [0.4, 0.5) is 5.13 Å². The van der Waals surface area contributed by atoms with Crippen LogP contribution in [0.25, 0.3) is 0 Å². The quantitative estimate of drug-likeness (QED) is 0.828. The molecule has 2 atom stereocenters. The smallest absolute Gasteiger partial charge is 0.268 e. The minimum Gasteiger partial charge on any atom is -0.391 e. The van der Waals surface area contributed by atoms with E-state index in [2.05, 4.69) is 15.0 Å². The molecule has 1 aliphatic rings. The van der Waals surface area contributed by atoms with Gasteiger partial charge in [0.25, 0.3) is 5.91 Å². The number of carbonyl (C=O) groups is 1. The summed E-state index contributed by atoms with van der Waals surface area (Å²) in [6, 6.07) is 0. The second-order valence-electron chi connectivity index (χ2n) is 5.01. The number of anilines is 1. The number of primary amides is 1. The van der Waals surface area contributed by atoms with E-state index in [4.69, 9.17) is 5.73 Å². The highest BCUT2D eigenvalue weighted by molar-refractivity contribution is 7.13. The summed E-state index contributed by atoms with van der Waals surface area (Å²) in [7, 11) is 0. The van der Waals surface area contributed by atoms with Crippen molar-refractivity contribution in [3.63, 3.8) is 0 Å². The maximum Gasteiger partial charge on any atom is 0.268 e. The van der Waals surface area contributed by atoms with E-state index in [-0.39, 0.29) is 11.6 Å². The van der Waals surface area contributed by atoms with Crippen molar-refractivity contribution < 1.29 is 9.90 Å². The molecule has 0 aliphatic carbocycles. The van der Waals surface area contributed by atoms with Gasteiger partial charge in [-0.15, -0.1) is 11.3 Å². The van der Waals surface area contributed by atoms with Crippen molar-refractivity contribution in [1.29, 1.82) is 0 Å². The van der Waals surface area contributed by atoms with Crippen LogP contribution in [0.3, 0.4) is 0 Å². The van der Waals surface area contributed by atoms with E-state index >= 15 is 0 Å². The van der Waals surface area contributed by atoms with Crippen molar-refractivity contribution in [3.8, 4) is 0 Å². The molecule has 0 radical (unpaired) electrons. The van der Waals surface area contributed by atoms with E-state index in [1.54, 1.807) is 24.0 Å². The monoisotopic (exact) mass is 305 g/mol. The van der Waals surface area contributed by atoms with Crippen LogP contribution < -0.4 is 10.6 Å². The Hall–Kier alpha value is -2.06. The van der Waals surface area contributed by atoms with Crippen LogP contribution in [0.2, 0.25) is 0 Å². The van der Waals surface area contributed by atoms with E-state index in [9.17, 15) is 9.90 Å². The van der Waals surface area contributed by atoms with Crippen LogP contribution in [0.1, 0.15) is 16.2 Å². The highest BCUT2D eigenvalue weighted by Crippen LogP contribution is 2.28. The molecule has 110 valence electrons. The fourth-order valence-corrected chi connectivity index (χ4v) is 3.27. The van der Waals surface area contributed by atoms with E-state index in [0.717, 1.165) is 5.69 Å². The first-order valence-electron chi connectivity index (χ1n) is 6.56. The van der Waals surface area contributed by atoms with Crippen molar-refractivity contribution in [2.24, 2.45) is 11.7 Å². The first-order valence-corrected chi connectivity index (χ1v) is 7.44. The Balaban J connectivity index is 1.69. The summed E-state index contributed by atoms with van der Waals surface area (Å²) >= 11 is 1.36. The molecular weight excluding hydrogens is 290 g/mol. The molecule has 1 aliphatic heterocycles. The number of carbonyl (C=O) groups excluding carboxylic acids is 1. The second kappa shape index (κ2) is 5.74. The molecule has 7 nitrogen and oxygen atoms in total. The number of rotatable bonds is 4. The topological polar surface area (TPSA) is 105 Å². The molecule has 1 saturated heterocycles. The molecule has 2 aromatic heterocycles. The van der Waals surface area contributed by atoms with Gasteiger partial charge in [-0.2, -0.15) is 0 Å². The number of amides is 1. The molecule has 2 aromatic rings. The molecule has 0 spiro atoms. The Labute approximate surface area is 125 Å². The van der Waals surface area contributed by atoms with Crippen molar-refractivity contribution in [2.45, 2.75) is 12.5 Å². The van der Waals surface area contributed by atoms with Crippen LogP contribution in [-0.2, 0) is 6.42 Å². The number of nitrogens with two attached hydrogens (primary N) is 1. The van der Waals surface area contributed by atoms with Gasteiger partial charge in [0, 0.05) is 43.0 Å². The molecule has 3 heterocycles. The second-order valence-corrected chi connectivity index (χ2v) is 5.85. The van der Waals surface area contributed by atoms with E-state index in [1.165, 1.54) is 11.3 Å². The van der Waals surface area contributed by atoms with Crippen molar-refractivity contribution >= 4 is 22.4 Å². The number of nitrogens with zero attached hydrogens (tertiary/aromatic N) is 4. The lowest BCUT2D eigenvalue weighted by molar-refractivity contribution is 0.0996. The van der Waals surface area contributed by atoms with Crippen molar-refractivity contribution in [1.82, 2.24) is 15.0 Å². The van der Waals surface area contributed by atoms with Gasteiger partial charge < -0.3 is 15.7 Å². The average molecular weight is 305 g/mol. The maximum absolute atomic E-state index is 11.1. The molecule has 0 bridgehead atoms. The molecule has 1 amide bonds. The zero-order valence-corrected chi connectivity index (χ0v) is 12.0. The SMILES string of the molecule is NC(=O)c1csc(N2C[C@@H](Cc3cnccn3)[C@H](O)C2)n1.